The Bertz CT molecular complexity index is 831. The van der Waals surface area contributed by atoms with Crippen molar-refractivity contribution in [2.75, 3.05) is 18.5 Å². The third kappa shape index (κ3) is 2.90. The second-order valence-electron chi connectivity index (χ2n) is 6.01. The maximum atomic E-state index is 12.8. The number of benzene rings is 2. The van der Waals surface area contributed by atoms with Gasteiger partial charge in [-0.05, 0) is 29.3 Å². The Kier molecular flexibility index (Phi) is 3.59. The van der Waals surface area contributed by atoms with Crippen LogP contribution < -0.4 is 14.8 Å². The highest BCUT2D eigenvalue weighted by Gasteiger charge is 2.32. The minimum atomic E-state index is -4.38. The number of ether oxygens (including phenoxy) is 2. The monoisotopic (exact) mass is 349 g/mol. The average molecular weight is 349 g/mol. The zero-order chi connectivity index (χ0) is 17.6. The molecule has 1 N–H and O–H groups in total. The van der Waals surface area contributed by atoms with Crippen LogP contribution in [-0.4, -0.2) is 19.1 Å². The van der Waals surface area contributed by atoms with Gasteiger partial charge in [-0.2, -0.15) is 13.2 Å². The molecule has 130 valence electrons. The fourth-order valence-electron chi connectivity index (χ4n) is 3.20. The topological polar surface area (TPSA) is 47.6 Å². The highest BCUT2D eigenvalue weighted by Crippen LogP contribution is 2.44. The number of anilines is 1. The van der Waals surface area contributed by atoms with Gasteiger partial charge in [-0.15, -0.1) is 0 Å². The summed E-state index contributed by atoms with van der Waals surface area (Å²) in [5, 5.41) is 2.79. The molecule has 0 radical (unpaired) electrons. The van der Waals surface area contributed by atoms with Crippen LogP contribution in [0.3, 0.4) is 0 Å². The molecule has 2 aliphatic rings. The minimum absolute atomic E-state index is 0.165. The molecule has 0 bridgehead atoms. The Labute approximate surface area is 141 Å². The van der Waals surface area contributed by atoms with Crippen molar-refractivity contribution in [2.45, 2.75) is 18.5 Å². The van der Waals surface area contributed by atoms with Gasteiger partial charge >= 0.3 is 6.18 Å². The summed E-state index contributed by atoms with van der Waals surface area (Å²) in [6.45, 7) is 0.866. The van der Waals surface area contributed by atoms with Crippen LogP contribution >= 0.6 is 0 Å². The standard InChI is InChI=1S/C18H14F3NO3/c19-18(20,21)11-3-1-10(2-4-11)12-8-17(23)22-14-9-16-15(7-13(12)14)24-5-6-25-16/h1-4,7,9,12H,5-6,8H2,(H,22,23)/t12-/m0/s1. The summed E-state index contributed by atoms with van der Waals surface area (Å²) in [4.78, 5) is 12.0. The van der Waals surface area contributed by atoms with E-state index in [1.54, 1.807) is 12.1 Å². The van der Waals surface area contributed by atoms with Crippen LogP contribution in [0, 0.1) is 0 Å². The number of rotatable bonds is 1. The molecule has 0 spiro atoms. The second kappa shape index (κ2) is 5.68. The molecule has 1 atom stereocenters. The van der Waals surface area contributed by atoms with Gasteiger partial charge in [0.15, 0.2) is 11.5 Å². The number of alkyl halides is 3. The molecule has 0 saturated carbocycles. The molecule has 2 aromatic carbocycles. The molecule has 0 aliphatic carbocycles. The van der Waals surface area contributed by atoms with Crippen molar-refractivity contribution in [3.05, 3.63) is 53.1 Å². The van der Waals surface area contributed by atoms with Gasteiger partial charge in [-0.1, -0.05) is 12.1 Å². The predicted octanol–water partition coefficient (Wildman–Crippen LogP) is 3.95. The van der Waals surface area contributed by atoms with Gasteiger partial charge in [-0.3, -0.25) is 4.79 Å². The first kappa shape index (κ1) is 15.8. The first-order valence-electron chi connectivity index (χ1n) is 7.82. The maximum Gasteiger partial charge on any atom is 0.416 e. The van der Waals surface area contributed by atoms with Crippen LogP contribution in [0.2, 0.25) is 0 Å². The third-order valence-corrected chi connectivity index (χ3v) is 4.39. The number of hydrogen-bond acceptors (Lipinski definition) is 3. The minimum Gasteiger partial charge on any atom is -0.486 e. The summed E-state index contributed by atoms with van der Waals surface area (Å²) in [6, 6.07) is 8.43. The van der Waals surface area contributed by atoms with E-state index in [1.165, 1.54) is 12.1 Å². The van der Waals surface area contributed by atoms with E-state index in [0.717, 1.165) is 17.7 Å². The van der Waals surface area contributed by atoms with Crippen LogP contribution in [0.1, 0.15) is 29.0 Å². The van der Waals surface area contributed by atoms with Gasteiger partial charge in [0.2, 0.25) is 5.91 Å². The number of amides is 1. The SMILES string of the molecule is O=C1C[C@@H](c2ccc(C(F)(F)F)cc2)c2cc3c(cc2N1)OCCO3. The van der Waals surface area contributed by atoms with E-state index in [9.17, 15) is 18.0 Å². The molecular formula is C18H14F3NO3. The van der Waals surface area contributed by atoms with Crippen molar-refractivity contribution < 1.29 is 27.4 Å². The largest absolute Gasteiger partial charge is 0.486 e. The molecule has 1 amide bonds. The zero-order valence-electron chi connectivity index (χ0n) is 13.0. The smallest absolute Gasteiger partial charge is 0.416 e. The molecule has 2 heterocycles. The Balaban J connectivity index is 1.75. The van der Waals surface area contributed by atoms with Crippen LogP contribution in [0.25, 0.3) is 0 Å². The Hall–Kier alpha value is -2.70. The Morgan fingerprint density at radius 1 is 1.00 bits per heavy atom. The molecule has 4 nitrogen and oxygen atoms in total. The first-order valence-corrected chi connectivity index (χ1v) is 7.82. The number of halogens is 3. The van der Waals surface area contributed by atoms with Gasteiger partial charge < -0.3 is 14.8 Å². The number of nitrogens with one attached hydrogen (secondary N) is 1. The normalized spacial score (nSPS) is 19.2. The van der Waals surface area contributed by atoms with Crippen LogP contribution in [-0.2, 0) is 11.0 Å². The van der Waals surface area contributed by atoms with Gasteiger partial charge in [-0.25, -0.2) is 0 Å². The Morgan fingerprint density at radius 3 is 2.28 bits per heavy atom. The molecule has 2 aromatic rings. The van der Waals surface area contributed by atoms with Crippen LogP contribution in [0.5, 0.6) is 11.5 Å². The fourth-order valence-corrected chi connectivity index (χ4v) is 3.20. The number of carbonyl (C=O) groups is 1. The summed E-state index contributed by atoms with van der Waals surface area (Å²) in [7, 11) is 0. The number of carbonyl (C=O) groups excluding carboxylic acids is 1. The molecular weight excluding hydrogens is 335 g/mol. The van der Waals surface area contributed by atoms with E-state index < -0.39 is 11.7 Å². The molecule has 2 aliphatic heterocycles. The van der Waals surface area contributed by atoms with Gasteiger partial charge in [0, 0.05) is 24.1 Å². The number of hydrogen-bond donors (Lipinski definition) is 1. The van der Waals surface area contributed by atoms with E-state index in [-0.39, 0.29) is 18.2 Å². The van der Waals surface area contributed by atoms with Crippen molar-refractivity contribution in [3.8, 4) is 11.5 Å². The average Bonchev–Trinajstić information content (AvgIpc) is 2.59. The van der Waals surface area contributed by atoms with Crippen molar-refractivity contribution >= 4 is 11.6 Å². The van der Waals surface area contributed by atoms with E-state index in [2.05, 4.69) is 5.32 Å². The van der Waals surface area contributed by atoms with E-state index in [4.69, 9.17) is 9.47 Å². The predicted molar refractivity (Wildman–Crippen MR) is 84.0 cm³/mol. The van der Waals surface area contributed by atoms with Crippen molar-refractivity contribution in [1.82, 2.24) is 0 Å². The lowest BCUT2D eigenvalue weighted by Gasteiger charge is -2.29. The van der Waals surface area contributed by atoms with Gasteiger partial charge in [0.1, 0.15) is 13.2 Å². The molecule has 25 heavy (non-hydrogen) atoms. The summed E-state index contributed by atoms with van der Waals surface area (Å²) in [5.74, 6) is 0.618. The summed E-state index contributed by atoms with van der Waals surface area (Å²) >= 11 is 0. The van der Waals surface area contributed by atoms with E-state index in [1.807, 2.05) is 0 Å². The van der Waals surface area contributed by atoms with E-state index >= 15 is 0 Å². The van der Waals surface area contributed by atoms with Gasteiger partial charge in [0.25, 0.3) is 0 Å². The van der Waals surface area contributed by atoms with Crippen molar-refractivity contribution in [2.24, 2.45) is 0 Å². The fraction of sp³-hybridized carbons (Fsp3) is 0.278. The molecule has 0 unspecified atom stereocenters. The molecule has 4 rings (SSSR count). The highest BCUT2D eigenvalue weighted by molar-refractivity contribution is 5.96. The lowest BCUT2D eigenvalue weighted by Crippen LogP contribution is -2.24. The van der Waals surface area contributed by atoms with Gasteiger partial charge in [0.05, 0.1) is 5.56 Å². The molecule has 0 fully saturated rings. The molecule has 7 heteroatoms. The Morgan fingerprint density at radius 2 is 1.64 bits per heavy atom. The van der Waals surface area contributed by atoms with Crippen LogP contribution in [0.15, 0.2) is 36.4 Å². The second-order valence-corrected chi connectivity index (χ2v) is 6.01. The quantitative estimate of drug-likeness (QED) is 0.848. The first-order chi connectivity index (χ1) is 11.9. The summed E-state index contributed by atoms with van der Waals surface area (Å²) < 4.78 is 49.4. The van der Waals surface area contributed by atoms with Crippen molar-refractivity contribution in [3.63, 3.8) is 0 Å². The summed E-state index contributed by atoms with van der Waals surface area (Å²) in [5.41, 5.74) is 1.36. The number of fused-ring (bicyclic) bond motifs is 2. The maximum absolute atomic E-state index is 12.8. The molecule has 0 aromatic heterocycles. The third-order valence-electron chi connectivity index (χ3n) is 4.39. The van der Waals surface area contributed by atoms with Crippen LogP contribution in [0.4, 0.5) is 18.9 Å². The van der Waals surface area contributed by atoms with E-state index in [0.29, 0.717) is 36.0 Å². The highest BCUT2D eigenvalue weighted by atomic mass is 19.4. The lowest BCUT2D eigenvalue weighted by atomic mass is 9.84. The van der Waals surface area contributed by atoms with Crippen molar-refractivity contribution in [1.29, 1.82) is 0 Å². The lowest BCUT2D eigenvalue weighted by molar-refractivity contribution is -0.137. The summed E-state index contributed by atoms with van der Waals surface area (Å²) in [6.07, 6.45) is -4.22. The zero-order valence-corrected chi connectivity index (χ0v) is 13.0. The molecule has 0 saturated heterocycles.